The van der Waals surface area contributed by atoms with Gasteiger partial charge in [0.15, 0.2) is 5.75 Å². The van der Waals surface area contributed by atoms with Gasteiger partial charge in [0.2, 0.25) is 0 Å². The first kappa shape index (κ1) is 13.7. The second-order valence-corrected chi connectivity index (χ2v) is 5.35. The third-order valence-corrected chi connectivity index (χ3v) is 3.70. The SMILES string of the molecule is Cl.c1nn(CC2CC2)cc1OCC1CCNCC1. The van der Waals surface area contributed by atoms with Gasteiger partial charge in [-0.25, -0.2) is 0 Å². The highest BCUT2D eigenvalue weighted by Crippen LogP contribution is 2.30. The van der Waals surface area contributed by atoms with E-state index in [0.29, 0.717) is 5.92 Å². The van der Waals surface area contributed by atoms with Crippen LogP contribution in [0.2, 0.25) is 0 Å². The molecule has 102 valence electrons. The van der Waals surface area contributed by atoms with Crippen LogP contribution in [0.3, 0.4) is 0 Å². The van der Waals surface area contributed by atoms with Crippen molar-refractivity contribution in [2.75, 3.05) is 19.7 Å². The highest BCUT2D eigenvalue weighted by molar-refractivity contribution is 5.85. The zero-order valence-corrected chi connectivity index (χ0v) is 11.5. The molecule has 4 nitrogen and oxygen atoms in total. The lowest BCUT2D eigenvalue weighted by molar-refractivity contribution is 0.215. The summed E-state index contributed by atoms with van der Waals surface area (Å²) in [7, 11) is 0. The minimum Gasteiger partial charge on any atom is -0.490 e. The fourth-order valence-corrected chi connectivity index (χ4v) is 2.35. The van der Waals surface area contributed by atoms with Crippen LogP contribution in [0.4, 0.5) is 0 Å². The van der Waals surface area contributed by atoms with Crippen molar-refractivity contribution < 1.29 is 4.74 Å². The molecule has 0 amide bonds. The van der Waals surface area contributed by atoms with Crippen molar-refractivity contribution in [1.82, 2.24) is 15.1 Å². The van der Waals surface area contributed by atoms with E-state index in [1.165, 1.54) is 25.7 Å². The van der Waals surface area contributed by atoms with Crippen LogP contribution in [-0.4, -0.2) is 29.5 Å². The molecule has 1 aliphatic heterocycles. The van der Waals surface area contributed by atoms with Crippen LogP contribution in [0, 0.1) is 11.8 Å². The van der Waals surface area contributed by atoms with Gasteiger partial charge < -0.3 is 10.1 Å². The molecule has 18 heavy (non-hydrogen) atoms. The average molecular weight is 272 g/mol. The quantitative estimate of drug-likeness (QED) is 0.891. The Kier molecular flexibility index (Phi) is 4.89. The highest BCUT2D eigenvalue weighted by Gasteiger charge is 2.22. The summed E-state index contributed by atoms with van der Waals surface area (Å²) in [5.74, 6) is 2.51. The molecule has 0 spiro atoms. The van der Waals surface area contributed by atoms with Gasteiger partial charge in [0.05, 0.1) is 19.0 Å². The molecule has 0 atom stereocenters. The van der Waals surface area contributed by atoms with Gasteiger partial charge in [-0.1, -0.05) is 0 Å². The van der Waals surface area contributed by atoms with E-state index < -0.39 is 0 Å². The van der Waals surface area contributed by atoms with Gasteiger partial charge in [-0.3, -0.25) is 4.68 Å². The molecule has 1 saturated heterocycles. The smallest absolute Gasteiger partial charge is 0.157 e. The van der Waals surface area contributed by atoms with Crippen molar-refractivity contribution in [2.45, 2.75) is 32.2 Å². The number of ether oxygens (including phenoxy) is 1. The molecule has 0 bridgehead atoms. The largest absolute Gasteiger partial charge is 0.490 e. The van der Waals surface area contributed by atoms with Crippen molar-refractivity contribution in [3.63, 3.8) is 0 Å². The zero-order chi connectivity index (χ0) is 11.5. The first-order valence-corrected chi connectivity index (χ1v) is 6.76. The topological polar surface area (TPSA) is 39.1 Å². The highest BCUT2D eigenvalue weighted by atomic mass is 35.5. The molecule has 5 heteroatoms. The average Bonchev–Trinajstić information content (AvgIpc) is 3.06. The Hall–Kier alpha value is -0.740. The van der Waals surface area contributed by atoms with Crippen LogP contribution in [0.25, 0.3) is 0 Å². The van der Waals surface area contributed by atoms with Gasteiger partial charge in [-0.2, -0.15) is 5.10 Å². The summed E-state index contributed by atoms with van der Waals surface area (Å²) in [4.78, 5) is 0. The van der Waals surface area contributed by atoms with Crippen LogP contribution in [0.15, 0.2) is 12.4 Å². The van der Waals surface area contributed by atoms with Crippen molar-refractivity contribution in [1.29, 1.82) is 0 Å². The number of halogens is 1. The number of rotatable bonds is 5. The van der Waals surface area contributed by atoms with Crippen molar-refractivity contribution >= 4 is 12.4 Å². The molecule has 1 saturated carbocycles. The van der Waals surface area contributed by atoms with Crippen molar-refractivity contribution in [3.8, 4) is 5.75 Å². The van der Waals surface area contributed by atoms with E-state index in [0.717, 1.165) is 37.9 Å². The normalized spacial score (nSPS) is 20.4. The van der Waals surface area contributed by atoms with E-state index in [1.54, 1.807) is 0 Å². The van der Waals surface area contributed by atoms with E-state index in [1.807, 2.05) is 17.1 Å². The summed E-state index contributed by atoms with van der Waals surface area (Å²) < 4.78 is 7.84. The number of hydrogen-bond acceptors (Lipinski definition) is 3. The monoisotopic (exact) mass is 271 g/mol. The predicted octanol–water partition coefficient (Wildman–Crippen LogP) is 2.09. The number of piperidine rings is 1. The Balaban J connectivity index is 0.00000120. The van der Waals surface area contributed by atoms with Crippen molar-refractivity contribution in [3.05, 3.63) is 12.4 Å². The van der Waals surface area contributed by atoms with Gasteiger partial charge in [-0.15, -0.1) is 12.4 Å². The molecule has 2 heterocycles. The fraction of sp³-hybridized carbons (Fsp3) is 0.769. The number of aromatic nitrogens is 2. The minimum absolute atomic E-state index is 0. The van der Waals surface area contributed by atoms with Gasteiger partial charge in [0.1, 0.15) is 0 Å². The Morgan fingerprint density at radius 3 is 2.72 bits per heavy atom. The van der Waals surface area contributed by atoms with Gasteiger partial charge in [-0.05, 0) is 50.6 Å². The molecule has 1 aromatic heterocycles. The number of nitrogens with zero attached hydrogens (tertiary/aromatic N) is 2. The van der Waals surface area contributed by atoms with Crippen LogP contribution in [0.5, 0.6) is 5.75 Å². The second-order valence-electron chi connectivity index (χ2n) is 5.35. The maximum absolute atomic E-state index is 5.82. The lowest BCUT2D eigenvalue weighted by Gasteiger charge is -2.22. The van der Waals surface area contributed by atoms with Crippen molar-refractivity contribution in [2.24, 2.45) is 11.8 Å². The van der Waals surface area contributed by atoms with E-state index in [9.17, 15) is 0 Å². The maximum Gasteiger partial charge on any atom is 0.157 e. The summed E-state index contributed by atoms with van der Waals surface area (Å²) in [6.45, 7) is 4.18. The zero-order valence-electron chi connectivity index (χ0n) is 10.7. The lowest BCUT2D eigenvalue weighted by atomic mass is 9.99. The fourth-order valence-electron chi connectivity index (χ4n) is 2.35. The molecule has 2 aliphatic rings. The molecular formula is C13H22ClN3O. The second kappa shape index (κ2) is 6.43. The van der Waals surface area contributed by atoms with E-state index >= 15 is 0 Å². The molecule has 0 radical (unpaired) electrons. The van der Waals surface area contributed by atoms with Gasteiger partial charge in [0, 0.05) is 6.54 Å². The summed E-state index contributed by atoms with van der Waals surface area (Å²) in [5.41, 5.74) is 0. The van der Waals surface area contributed by atoms with E-state index in [4.69, 9.17) is 4.74 Å². The molecule has 0 aromatic carbocycles. The third-order valence-electron chi connectivity index (χ3n) is 3.70. The summed E-state index contributed by atoms with van der Waals surface area (Å²) in [6.07, 6.45) is 9.09. The molecule has 0 unspecified atom stereocenters. The first-order chi connectivity index (χ1) is 8.40. The summed E-state index contributed by atoms with van der Waals surface area (Å²) >= 11 is 0. The summed E-state index contributed by atoms with van der Waals surface area (Å²) in [5, 5.41) is 7.71. The standard InChI is InChI=1S/C13H21N3O.ClH/c1-2-11(1)8-16-9-13(7-15-16)17-10-12-3-5-14-6-4-12;/h7,9,11-12,14H,1-6,8,10H2;1H. The van der Waals surface area contributed by atoms with Crippen LogP contribution in [0.1, 0.15) is 25.7 Å². The van der Waals surface area contributed by atoms with Gasteiger partial charge >= 0.3 is 0 Å². The van der Waals surface area contributed by atoms with Crippen LogP contribution < -0.4 is 10.1 Å². The molecule has 3 rings (SSSR count). The predicted molar refractivity (Wildman–Crippen MR) is 73.3 cm³/mol. The minimum atomic E-state index is 0. The van der Waals surface area contributed by atoms with Crippen LogP contribution in [-0.2, 0) is 6.54 Å². The number of nitrogens with one attached hydrogen (secondary N) is 1. The third kappa shape index (κ3) is 3.89. The molecule has 1 aromatic rings. The summed E-state index contributed by atoms with van der Waals surface area (Å²) in [6, 6.07) is 0. The van der Waals surface area contributed by atoms with Crippen LogP contribution >= 0.6 is 12.4 Å². The van der Waals surface area contributed by atoms with Gasteiger partial charge in [0.25, 0.3) is 0 Å². The lowest BCUT2D eigenvalue weighted by Crippen LogP contribution is -2.30. The van der Waals surface area contributed by atoms with E-state index in [2.05, 4.69) is 10.4 Å². The first-order valence-electron chi connectivity index (χ1n) is 6.76. The Labute approximate surface area is 114 Å². The Morgan fingerprint density at radius 2 is 2.00 bits per heavy atom. The maximum atomic E-state index is 5.82. The molecule has 1 aliphatic carbocycles. The molecule has 1 N–H and O–H groups in total. The number of hydrogen-bond donors (Lipinski definition) is 1. The molecular weight excluding hydrogens is 250 g/mol. The van der Waals surface area contributed by atoms with E-state index in [-0.39, 0.29) is 12.4 Å². The Morgan fingerprint density at radius 1 is 1.22 bits per heavy atom. The molecule has 2 fully saturated rings. The Bertz CT molecular complexity index is 359.